The van der Waals surface area contributed by atoms with E-state index in [1.807, 2.05) is 5.43 Å². The molecule has 0 bridgehead atoms. The van der Waals surface area contributed by atoms with E-state index in [1.54, 1.807) is 13.8 Å². The van der Waals surface area contributed by atoms with Gasteiger partial charge in [0.15, 0.2) is 11.5 Å². The minimum atomic E-state index is -4.66. The van der Waals surface area contributed by atoms with Crippen LogP contribution in [0.1, 0.15) is 33.6 Å². The number of rotatable bonds is 6. The topological polar surface area (TPSA) is 160 Å². The van der Waals surface area contributed by atoms with Crippen molar-refractivity contribution in [3.63, 3.8) is 0 Å². The maximum absolute atomic E-state index is 13.0. The number of aromatic nitrogens is 2. The number of nitrogens with zero attached hydrogens (tertiary/aromatic N) is 3. The van der Waals surface area contributed by atoms with Crippen molar-refractivity contribution in [2.75, 3.05) is 5.32 Å². The zero-order valence-corrected chi connectivity index (χ0v) is 20.2. The van der Waals surface area contributed by atoms with E-state index in [0.717, 1.165) is 23.9 Å². The van der Waals surface area contributed by atoms with Crippen LogP contribution >= 0.6 is 12.2 Å². The molecule has 2 aromatic carbocycles. The van der Waals surface area contributed by atoms with Crippen LogP contribution in [0, 0.1) is 24.0 Å². The summed E-state index contributed by atoms with van der Waals surface area (Å²) in [6, 6.07) is 6.74. The first-order valence-electron chi connectivity index (χ1n) is 10.4. The molecule has 0 radical (unpaired) electrons. The van der Waals surface area contributed by atoms with Crippen molar-refractivity contribution in [3.8, 4) is 0 Å². The fraction of sp³-hybridized carbons (Fsp3) is 0.182. The Morgan fingerprint density at radius 3 is 2.51 bits per heavy atom. The SMILES string of the molecule is Cc1cc2c(cc1C)[n+](=O)cc(C(=O)C/C(=N/NC(=S)NN)C(=O)Nc1cccc(C(F)(F)F)c1)n2[O-]. The average Bonchev–Trinajstić information content (AvgIpc) is 2.84. The standard InChI is InChI=1S/C22H20F3N7O4S/c1-11-6-16-17(7-12(11)2)32(36)18(10-31(16)35)19(33)9-15(29-30-21(37)28-26)20(34)27-14-5-3-4-13(8-14)22(23,24)25/h3-8,10H,9,26H2,1-2H3,(H,27,34)(H2,28,30,37)/b29-15-. The van der Waals surface area contributed by atoms with Crippen molar-refractivity contribution < 1.29 is 27.2 Å². The highest BCUT2D eigenvalue weighted by molar-refractivity contribution is 7.80. The third-order valence-electron chi connectivity index (χ3n) is 5.25. The molecule has 15 heteroatoms. The highest BCUT2D eigenvalue weighted by atomic mass is 32.1. The minimum Gasteiger partial charge on any atom is -0.805 e. The van der Waals surface area contributed by atoms with Crippen molar-refractivity contribution in [2.45, 2.75) is 26.4 Å². The number of carbonyl (C=O) groups is 2. The summed E-state index contributed by atoms with van der Waals surface area (Å²) < 4.78 is 39.7. The molecule has 5 N–H and O–H groups in total. The molecule has 0 atom stereocenters. The monoisotopic (exact) mass is 535 g/mol. The zero-order chi connectivity index (χ0) is 27.5. The van der Waals surface area contributed by atoms with E-state index in [-0.39, 0.29) is 26.6 Å². The highest BCUT2D eigenvalue weighted by Crippen LogP contribution is 2.30. The maximum Gasteiger partial charge on any atom is 0.416 e. The van der Waals surface area contributed by atoms with E-state index in [9.17, 15) is 32.9 Å². The second kappa shape index (κ2) is 10.7. The molecule has 0 spiro atoms. The number of aryl methyl sites for hydroxylation is 2. The van der Waals surface area contributed by atoms with Gasteiger partial charge in [0, 0.05) is 16.7 Å². The number of nitrogens with one attached hydrogen (secondary N) is 3. The number of nitrogens with two attached hydrogens (primary N) is 1. The molecule has 0 aliphatic carbocycles. The zero-order valence-electron chi connectivity index (χ0n) is 19.3. The maximum atomic E-state index is 13.0. The largest absolute Gasteiger partial charge is 0.805 e. The van der Waals surface area contributed by atoms with Crippen molar-refractivity contribution in [1.29, 1.82) is 0 Å². The Kier molecular flexibility index (Phi) is 7.88. The first kappa shape index (κ1) is 27.2. The van der Waals surface area contributed by atoms with Crippen LogP contribution in [0.5, 0.6) is 0 Å². The number of thiocarbonyl (C=S) groups is 1. The third kappa shape index (κ3) is 6.25. The second-order valence-electron chi connectivity index (χ2n) is 7.84. The van der Waals surface area contributed by atoms with Crippen molar-refractivity contribution >= 4 is 51.5 Å². The predicted molar refractivity (Wildman–Crippen MR) is 133 cm³/mol. The van der Waals surface area contributed by atoms with Crippen LogP contribution in [-0.2, 0) is 11.0 Å². The summed E-state index contributed by atoms with van der Waals surface area (Å²) >= 11 is 4.77. The molecule has 1 heterocycles. The van der Waals surface area contributed by atoms with Gasteiger partial charge in [-0.25, -0.2) is 5.84 Å². The molecule has 3 aromatic rings. The van der Waals surface area contributed by atoms with E-state index in [1.165, 1.54) is 18.2 Å². The van der Waals surface area contributed by atoms with E-state index in [4.69, 9.17) is 18.1 Å². The summed E-state index contributed by atoms with van der Waals surface area (Å²) in [4.78, 5) is 38.3. The fourth-order valence-corrected chi connectivity index (χ4v) is 3.26. The lowest BCUT2D eigenvalue weighted by Crippen LogP contribution is -2.38. The lowest BCUT2D eigenvalue weighted by molar-refractivity contribution is -0.464. The highest BCUT2D eigenvalue weighted by Gasteiger charge is 2.31. The van der Waals surface area contributed by atoms with Gasteiger partial charge in [0.1, 0.15) is 11.2 Å². The molecule has 1 aromatic heterocycles. The van der Waals surface area contributed by atoms with Gasteiger partial charge in [-0.1, -0.05) is 6.07 Å². The van der Waals surface area contributed by atoms with Crippen molar-refractivity contribution in [2.24, 2.45) is 10.9 Å². The van der Waals surface area contributed by atoms with E-state index in [2.05, 4.69) is 15.8 Å². The number of carbonyl (C=O) groups excluding carboxylic acids is 2. The quantitative estimate of drug-likeness (QED) is 0.0935. The molecule has 11 nitrogen and oxygen atoms in total. The second-order valence-corrected chi connectivity index (χ2v) is 8.24. The Hall–Kier alpha value is -4.37. The molecule has 194 valence electrons. The van der Waals surface area contributed by atoms with E-state index >= 15 is 0 Å². The van der Waals surface area contributed by atoms with Gasteiger partial charge in [-0.2, -0.15) is 18.3 Å². The van der Waals surface area contributed by atoms with Crippen LogP contribution in [0.2, 0.25) is 0 Å². The molecular weight excluding hydrogens is 515 g/mol. The number of alkyl halides is 3. The van der Waals surface area contributed by atoms with Crippen molar-refractivity contribution in [3.05, 3.63) is 75.1 Å². The van der Waals surface area contributed by atoms with Crippen LogP contribution in [0.3, 0.4) is 0 Å². The van der Waals surface area contributed by atoms with Gasteiger partial charge in [-0.3, -0.25) is 20.4 Å². The van der Waals surface area contributed by atoms with Crippen molar-refractivity contribution in [1.82, 2.24) is 15.6 Å². The summed E-state index contributed by atoms with van der Waals surface area (Å²) in [6.45, 7) is 3.48. The molecular formula is C22H20F3N7O4S. The first-order valence-corrected chi connectivity index (χ1v) is 10.8. The number of anilines is 1. The first-order chi connectivity index (χ1) is 17.3. The molecule has 37 heavy (non-hydrogen) atoms. The van der Waals surface area contributed by atoms with Crippen LogP contribution in [0.4, 0.5) is 18.9 Å². The number of hydrogen-bond acceptors (Lipinski definition) is 7. The Morgan fingerprint density at radius 1 is 1.19 bits per heavy atom. The summed E-state index contributed by atoms with van der Waals surface area (Å²) in [6.07, 6.45) is -4.70. The van der Waals surface area contributed by atoms with E-state index < -0.39 is 41.3 Å². The number of benzene rings is 2. The Morgan fingerprint density at radius 2 is 1.86 bits per heavy atom. The summed E-state index contributed by atoms with van der Waals surface area (Å²) in [5.74, 6) is 3.10. The lowest BCUT2D eigenvalue weighted by atomic mass is 10.1. The van der Waals surface area contributed by atoms with Gasteiger partial charge < -0.3 is 15.3 Å². The lowest BCUT2D eigenvalue weighted by Gasteiger charge is -2.17. The fourth-order valence-electron chi connectivity index (χ4n) is 3.21. The van der Waals surface area contributed by atoms with Crippen LogP contribution in [0.25, 0.3) is 11.0 Å². The number of hydrazine groups is 1. The number of halogens is 3. The molecule has 1 amide bonds. The molecule has 0 saturated carbocycles. The van der Waals surface area contributed by atoms with Gasteiger partial charge in [-0.05, 0) is 61.5 Å². The van der Waals surface area contributed by atoms with Gasteiger partial charge >= 0.3 is 6.18 Å². The van der Waals surface area contributed by atoms with Gasteiger partial charge in [0.05, 0.1) is 16.4 Å². The van der Waals surface area contributed by atoms with E-state index in [0.29, 0.717) is 16.1 Å². The summed E-state index contributed by atoms with van der Waals surface area (Å²) in [5.41, 5.74) is 3.29. The smallest absolute Gasteiger partial charge is 0.416 e. The number of hydrogen-bond donors (Lipinski definition) is 4. The molecule has 0 fully saturated rings. The average molecular weight is 536 g/mol. The number of amides is 1. The normalized spacial score (nSPS) is 11.8. The number of fused-ring (bicyclic) bond motifs is 1. The molecule has 0 aliphatic rings. The third-order valence-corrected chi connectivity index (χ3v) is 5.46. The molecule has 0 aliphatic heterocycles. The molecule has 3 rings (SSSR count). The summed E-state index contributed by atoms with van der Waals surface area (Å²) in [5, 5.41) is 18.6. The van der Waals surface area contributed by atoms with Gasteiger partial charge in [-0.15, -0.1) is 0 Å². The Labute approximate surface area is 212 Å². The Balaban J connectivity index is 1.96. The molecule has 0 unspecified atom stereocenters. The van der Waals surface area contributed by atoms with Crippen LogP contribution in [0.15, 0.2) is 47.7 Å². The van der Waals surface area contributed by atoms with Crippen LogP contribution in [-0.4, -0.2) is 27.2 Å². The van der Waals surface area contributed by atoms with Gasteiger partial charge in [0.2, 0.25) is 5.11 Å². The Bertz CT molecular complexity index is 1500. The number of hydrazone groups is 1. The van der Waals surface area contributed by atoms with Gasteiger partial charge in [0.25, 0.3) is 17.6 Å². The number of ketones is 1. The predicted octanol–water partition coefficient (Wildman–Crippen LogP) is 2.44. The van der Waals surface area contributed by atoms with Crippen LogP contribution < -0.4 is 26.4 Å². The minimum absolute atomic E-state index is 0.0341. The molecule has 0 saturated heterocycles. The summed E-state index contributed by atoms with van der Waals surface area (Å²) in [7, 11) is 0. The number of Topliss-reactive ketones (excluding diaryl/α,β-unsaturated/α-hetero) is 1.